The van der Waals surface area contributed by atoms with Gasteiger partial charge in [-0.2, -0.15) is 5.26 Å². The van der Waals surface area contributed by atoms with Gasteiger partial charge in [-0.1, -0.05) is 41.4 Å². The van der Waals surface area contributed by atoms with Crippen LogP contribution in [-0.4, -0.2) is 12.1 Å². The summed E-state index contributed by atoms with van der Waals surface area (Å²) in [4.78, 5) is 4.44. The van der Waals surface area contributed by atoms with Crippen LogP contribution in [0.1, 0.15) is 5.56 Å². The lowest BCUT2D eigenvalue weighted by atomic mass is 9.98. The van der Waals surface area contributed by atoms with Crippen molar-refractivity contribution >= 4 is 28.9 Å². The van der Waals surface area contributed by atoms with Crippen molar-refractivity contribution in [2.24, 2.45) is 0 Å². The minimum Gasteiger partial charge on any atom is -0.480 e. The molecule has 0 aliphatic rings. The second-order valence-electron chi connectivity index (χ2n) is 5.30. The summed E-state index contributed by atoms with van der Waals surface area (Å²) in [5, 5.41) is 10.5. The second kappa shape index (κ2) is 7.02. The average Bonchev–Trinajstić information content (AvgIpc) is 2.61. The van der Waals surface area contributed by atoms with Gasteiger partial charge in [0.15, 0.2) is 0 Å². The summed E-state index contributed by atoms with van der Waals surface area (Å²) in [6, 6.07) is 16.4. The fourth-order valence-corrected chi connectivity index (χ4v) is 3.01. The standard InChI is InChI=1S/C19H13Cl2N3O/c1-25-19-16(10-22)15(14-7-4-12(20)8-17(14)21)9-18(24-19)11-2-5-13(23)6-3-11/h2-9H,23H2,1H3. The molecule has 0 amide bonds. The number of nitrogen functional groups attached to an aromatic ring is 1. The Labute approximate surface area is 155 Å². The van der Waals surface area contributed by atoms with Gasteiger partial charge < -0.3 is 10.5 Å². The molecule has 0 atom stereocenters. The quantitative estimate of drug-likeness (QED) is 0.645. The maximum Gasteiger partial charge on any atom is 0.232 e. The van der Waals surface area contributed by atoms with E-state index in [9.17, 15) is 5.26 Å². The number of pyridine rings is 1. The number of halogens is 2. The first-order chi connectivity index (χ1) is 12.0. The minimum atomic E-state index is 0.234. The highest BCUT2D eigenvalue weighted by molar-refractivity contribution is 6.36. The van der Waals surface area contributed by atoms with E-state index in [1.807, 2.05) is 18.2 Å². The van der Waals surface area contributed by atoms with E-state index in [-0.39, 0.29) is 5.88 Å². The van der Waals surface area contributed by atoms with E-state index in [2.05, 4.69) is 11.1 Å². The molecular formula is C19H13Cl2N3O. The van der Waals surface area contributed by atoms with E-state index in [1.54, 1.807) is 30.3 Å². The van der Waals surface area contributed by atoms with Gasteiger partial charge in [0.1, 0.15) is 11.6 Å². The maximum absolute atomic E-state index is 9.58. The molecule has 0 spiro atoms. The molecule has 4 nitrogen and oxygen atoms in total. The predicted octanol–water partition coefficient (Wildman–Crippen LogP) is 5.18. The number of ether oxygens (including phenoxy) is 1. The number of benzene rings is 2. The largest absolute Gasteiger partial charge is 0.480 e. The third-order valence-corrected chi connectivity index (χ3v) is 4.27. The number of nitrogens with two attached hydrogens (primary N) is 1. The fraction of sp³-hybridized carbons (Fsp3) is 0.0526. The van der Waals surface area contributed by atoms with Gasteiger partial charge in [0.2, 0.25) is 5.88 Å². The van der Waals surface area contributed by atoms with Crippen LogP contribution in [0.3, 0.4) is 0 Å². The van der Waals surface area contributed by atoms with E-state index in [0.717, 1.165) is 5.56 Å². The highest BCUT2D eigenvalue weighted by Gasteiger charge is 2.17. The number of hydrogen-bond donors (Lipinski definition) is 1. The molecule has 0 aliphatic carbocycles. The highest BCUT2D eigenvalue weighted by Crippen LogP contribution is 2.37. The number of hydrogen-bond acceptors (Lipinski definition) is 4. The minimum absolute atomic E-state index is 0.234. The smallest absolute Gasteiger partial charge is 0.232 e. The number of nitriles is 1. The molecule has 0 unspecified atom stereocenters. The van der Waals surface area contributed by atoms with Crippen molar-refractivity contribution in [2.45, 2.75) is 0 Å². The van der Waals surface area contributed by atoms with Crippen molar-refractivity contribution in [3.8, 4) is 34.3 Å². The lowest BCUT2D eigenvalue weighted by molar-refractivity contribution is 0.397. The van der Waals surface area contributed by atoms with E-state index in [1.165, 1.54) is 7.11 Å². The van der Waals surface area contributed by atoms with Crippen molar-refractivity contribution in [3.05, 3.63) is 64.1 Å². The zero-order valence-corrected chi connectivity index (χ0v) is 14.8. The van der Waals surface area contributed by atoms with Gasteiger partial charge in [0, 0.05) is 32.4 Å². The van der Waals surface area contributed by atoms with E-state index in [4.69, 9.17) is 33.7 Å². The van der Waals surface area contributed by atoms with Crippen LogP contribution in [0.5, 0.6) is 5.88 Å². The molecule has 1 heterocycles. The van der Waals surface area contributed by atoms with Gasteiger partial charge in [0.05, 0.1) is 12.8 Å². The summed E-state index contributed by atoms with van der Waals surface area (Å²) >= 11 is 12.3. The van der Waals surface area contributed by atoms with Crippen molar-refractivity contribution in [1.82, 2.24) is 4.98 Å². The Morgan fingerprint density at radius 1 is 1.04 bits per heavy atom. The van der Waals surface area contributed by atoms with Crippen molar-refractivity contribution in [3.63, 3.8) is 0 Å². The van der Waals surface area contributed by atoms with Crippen LogP contribution in [0.2, 0.25) is 10.0 Å². The third-order valence-electron chi connectivity index (χ3n) is 3.72. The predicted molar refractivity (Wildman–Crippen MR) is 101 cm³/mol. The number of methoxy groups -OCH3 is 1. The van der Waals surface area contributed by atoms with Crippen molar-refractivity contribution in [2.75, 3.05) is 12.8 Å². The van der Waals surface area contributed by atoms with Gasteiger partial charge in [0.25, 0.3) is 0 Å². The molecule has 0 bridgehead atoms. The summed E-state index contributed by atoms with van der Waals surface area (Å²) in [5.74, 6) is 0.234. The molecule has 124 valence electrons. The highest BCUT2D eigenvalue weighted by atomic mass is 35.5. The van der Waals surface area contributed by atoms with Crippen LogP contribution in [-0.2, 0) is 0 Å². The number of rotatable bonds is 3. The Morgan fingerprint density at radius 2 is 1.76 bits per heavy atom. The first-order valence-electron chi connectivity index (χ1n) is 7.34. The van der Waals surface area contributed by atoms with Gasteiger partial charge >= 0.3 is 0 Å². The van der Waals surface area contributed by atoms with Gasteiger partial charge in [-0.3, -0.25) is 0 Å². The van der Waals surface area contributed by atoms with Gasteiger partial charge in [-0.15, -0.1) is 0 Å². The van der Waals surface area contributed by atoms with Gasteiger partial charge in [-0.25, -0.2) is 4.98 Å². The molecule has 3 rings (SSSR count). The summed E-state index contributed by atoms with van der Waals surface area (Å²) in [5.41, 5.74) is 9.52. The topological polar surface area (TPSA) is 71.9 Å². The maximum atomic E-state index is 9.58. The van der Waals surface area contributed by atoms with E-state index < -0.39 is 0 Å². The zero-order valence-electron chi connectivity index (χ0n) is 13.3. The number of aromatic nitrogens is 1. The molecule has 0 radical (unpaired) electrons. The Balaban J connectivity index is 2.27. The van der Waals surface area contributed by atoms with Crippen LogP contribution in [0, 0.1) is 11.3 Å². The van der Waals surface area contributed by atoms with E-state index in [0.29, 0.717) is 38.1 Å². The first-order valence-corrected chi connectivity index (χ1v) is 8.09. The molecule has 2 N–H and O–H groups in total. The molecule has 0 saturated carbocycles. The van der Waals surface area contributed by atoms with Crippen LogP contribution < -0.4 is 10.5 Å². The summed E-state index contributed by atoms with van der Waals surface area (Å²) in [6.45, 7) is 0. The first kappa shape index (κ1) is 17.1. The molecule has 0 fully saturated rings. The third kappa shape index (κ3) is 3.39. The monoisotopic (exact) mass is 369 g/mol. The SMILES string of the molecule is COc1nc(-c2ccc(N)cc2)cc(-c2ccc(Cl)cc2Cl)c1C#N. The molecule has 0 saturated heterocycles. The summed E-state index contributed by atoms with van der Waals surface area (Å²) in [6.07, 6.45) is 0. The Hall–Kier alpha value is -2.74. The molecule has 6 heteroatoms. The van der Waals surface area contributed by atoms with Crippen LogP contribution >= 0.6 is 23.2 Å². The number of nitrogens with zero attached hydrogens (tertiary/aromatic N) is 2. The van der Waals surface area contributed by atoms with Crippen LogP contribution in [0.15, 0.2) is 48.5 Å². The van der Waals surface area contributed by atoms with Gasteiger partial charge in [-0.05, 0) is 30.3 Å². The molecule has 1 aromatic heterocycles. The summed E-state index contributed by atoms with van der Waals surface area (Å²) < 4.78 is 5.32. The van der Waals surface area contributed by atoms with E-state index >= 15 is 0 Å². The summed E-state index contributed by atoms with van der Waals surface area (Å²) in [7, 11) is 1.48. The Bertz CT molecular complexity index is 979. The van der Waals surface area contributed by atoms with Crippen LogP contribution in [0.4, 0.5) is 5.69 Å². The van der Waals surface area contributed by atoms with Crippen molar-refractivity contribution < 1.29 is 4.74 Å². The molecule has 3 aromatic rings. The Morgan fingerprint density at radius 3 is 2.36 bits per heavy atom. The molecule has 0 aliphatic heterocycles. The average molecular weight is 370 g/mol. The van der Waals surface area contributed by atoms with Crippen LogP contribution in [0.25, 0.3) is 22.4 Å². The number of anilines is 1. The lowest BCUT2D eigenvalue weighted by Gasteiger charge is -2.13. The molecule has 25 heavy (non-hydrogen) atoms. The second-order valence-corrected chi connectivity index (χ2v) is 6.14. The normalized spacial score (nSPS) is 10.3. The molecular weight excluding hydrogens is 357 g/mol. The Kier molecular flexibility index (Phi) is 4.80. The fourth-order valence-electron chi connectivity index (χ4n) is 2.50. The zero-order chi connectivity index (χ0) is 18.0. The van der Waals surface area contributed by atoms with Crippen molar-refractivity contribution in [1.29, 1.82) is 5.26 Å². The lowest BCUT2D eigenvalue weighted by Crippen LogP contribution is -1.98. The molecule has 2 aromatic carbocycles.